The number of carbonyl (C=O) groups excluding carboxylic acids is 4. The number of hydrogen-bond donors (Lipinski definition) is 0. The molecule has 0 unspecified atom stereocenters. The van der Waals surface area contributed by atoms with Crippen molar-refractivity contribution < 1.29 is 42.9 Å². The van der Waals surface area contributed by atoms with E-state index in [9.17, 15) is 19.2 Å². The molecule has 1 saturated carbocycles. The molecule has 0 atom stereocenters. The van der Waals surface area contributed by atoms with Gasteiger partial charge in [-0.3, -0.25) is 9.59 Å². The van der Waals surface area contributed by atoms with Crippen molar-refractivity contribution in [1.29, 1.82) is 0 Å². The van der Waals surface area contributed by atoms with Crippen LogP contribution in [0.5, 0.6) is 11.5 Å². The van der Waals surface area contributed by atoms with E-state index in [4.69, 9.17) is 23.7 Å². The molecule has 0 aromatic heterocycles. The first kappa shape index (κ1) is 37.8. The molecule has 0 spiro atoms. The molecule has 1 aliphatic carbocycles. The molecular weight excluding hydrogens is 612 g/mol. The second-order valence-electron chi connectivity index (χ2n) is 11.6. The van der Waals surface area contributed by atoms with Gasteiger partial charge < -0.3 is 23.7 Å². The maximum atomic E-state index is 12.6. The van der Waals surface area contributed by atoms with E-state index in [1.54, 1.807) is 30.3 Å². The van der Waals surface area contributed by atoms with E-state index in [2.05, 4.69) is 13.2 Å². The Balaban J connectivity index is 1.24. The zero-order valence-corrected chi connectivity index (χ0v) is 27.8. The van der Waals surface area contributed by atoms with Crippen molar-refractivity contribution >= 4 is 29.8 Å². The number of carbonyl (C=O) groups is 4. The lowest BCUT2D eigenvalue weighted by Crippen LogP contribution is -2.22. The number of hydrogen-bond acceptors (Lipinski definition) is 9. The van der Waals surface area contributed by atoms with Gasteiger partial charge in [-0.1, -0.05) is 37.8 Å². The third-order valence-electron chi connectivity index (χ3n) is 7.70. The molecule has 0 radical (unpaired) electrons. The van der Waals surface area contributed by atoms with Gasteiger partial charge in [0.15, 0.2) is 5.78 Å². The van der Waals surface area contributed by atoms with Crippen LogP contribution in [0.3, 0.4) is 0 Å². The molecule has 258 valence electrons. The molecule has 48 heavy (non-hydrogen) atoms. The predicted molar refractivity (Wildman–Crippen MR) is 184 cm³/mol. The van der Waals surface area contributed by atoms with Crippen molar-refractivity contribution in [1.82, 2.24) is 0 Å². The van der Waals surface area contributed by atoms with Crippen LogP contribution in [0.1, 0.15) is 93.0 Å². The van der Waals surface area contributed by atoms with Gasteiger partial charge >= 0.3 is 17.9 Å². The minimum Gasteiger partial charge on any atom is -0.494 e. The Morgan fingerprint density at radius 2 is 1.27 bits per heavy atom. The quantitative estimate of drug-likeness (QED) is 0.0411. The molecule has 0 bridgehead atoms. The van der Waals surface area contributed by atoms with Crippen molar-refractivity contribution in [2.24, 2.45) is 0 Å². The van der Waals surface area contributed by atoms with Crippen LogP contribution >= 0.6 is 0 Å². The monoisotopic (exact) mass is 660 g/mol. The third-order valence-corrected chi connectivity index (χ3v) is 7.70. The standard InChI is InChI=1S/C39H48O9/c1-3-37(41)46-27-10-5-4-9-25-44-33-20-15-31(16-21-33)17-24-36(40)32-18-22-34(23-19-32)45-26-11-12-28-47-39(43)30(2)29-38(42)48-35-13-7-6-8-14-35/h3,15-24,35H,1-2,4-14,25-29H2/b24-17+. The summed E-state index contributed by atoms with van der Waals surface area (Å²) in [5.74, 6) is -0.114. The average molecular weight is 661 g/mol. The minimum absolute atomic E-state index is 0.0530. The Morgan fingerprint density at radius 3 is 1.92 bits per heavy atom. The Morgan fingerprint density at radius 1 is 0.708 bits per heavy atom. The maximum Gasteiger partial charge on any atom is 0.333 e. The van der Waals surface area contributed by atoms with Crippen LogP contribution < -0.4 is 9.47 Å². The number of esters is 3. The zero-order valence-electron chi connectivity index (χ0n) is 27.8. The summed E-state index contributed by atoms with van der Waals surface area (Å²) >= 11 is 0. The molecule has 9 nitrogen and oxygen atoms in total. The number of ketones is 1. The normalized spacial score (nSPS) is 13.0. The van der Waals surface area contributed by atoms with Crippen molar-refractivity contribution in [3.05, 3.63) is 90.5 Å². The Labute approximate surface area is 283 Å². The van der Waals surface area contributed by atoms with Crippen LogP contribution in [-0.4, -0.2) is 56.2 Å². The van der Waals surface area contributed by atoms with Gasteiger partial charge in [0.2, 0.25) is 0 Å². The zero-order chi connectivity index (χ0) is 34.4. The highest BCUT2D eigenvalue weighted by atomic mass is 16.5. The SMILES string of the molecule is C=CC(=O)OCCCCCCOc1ccc(/C=C/C(=O)c2ccc(OCCCCOC(=O)C(=C)CC(=O)OC3CCCCC3)cc2)cc1. The first-order chi connectivity index (χ1) is 23.3. The van der Waals surface area contributed by atoms with Crippen LogP contribution in [0, 0.1) is 0 Å². The second-order valence-corrected chi connectivity index (χ2v) is 11.6. The van der Waals surface area contributed by atoms with Gasteiger partial charge in [-0.05, 0) is 112 Å². The van der Waals surface area contributed by atoms with Gasteiger partial charge in [0, 0.05) is 17.2 Å². The fourth-order valence-electron chi connectivity index (χ4n) is 4.96. The predicted octanol–water partition coefficient (Wildman–Crippen LogP) is 7.78. The molecule has 0 amide bonds. The van der Waals surface area contributed by atoms with Crippen LogP contribution in [0.2, 0.25) is 0 Å². The van der Waals surface area contributed by atoms with Crippen molar-refractivity contribution in [2.45, 2.75) is 83.2 Å². The lowest BCUT2D eigenvalue weighted by Gasteiger charge is -2.21. The largest absolute Gasteiger partial charge is 0.494 e. The third kappa shape index (κ3) is 15.3. The number of ether oxygens (including phenoxy) is 5. The second kappa shape index (κ2) is 22.0. The van der Waals surface area contributed by atoms with E-state index in [1.165, 1.54) is 18.6 Å². The fourth-order valence-corrected chi connectivity index (χ4v) is 4.96. The van der Waals surface area contributed by atoms with Crippen LogP contribution in [-0.2, 0) is 28.6 Å². The maximum absolute atomic E-state index is 12.6. The Hall–Kier alpha value is -4.66. The fraction of sp³-hybridized carbons (Fsp3) is 0.436. The van der Waals surface area contributed by atoms with Crippen molar-refractivity contribution in [2.75, 3.05) is 26.4 Å². The highest BCUT2D eigenvalue weighted by molar-refractivity contribution is 6.06. The minimum atomic E-state index is -0.585. The van der Waals surface area contributed by atoms with Crippen LogP contribution in [0.15, 0.2) is 79.4 Å². The van der Waals surface area contributed by atoms with E-state index < -0.39 is 11.9 Å². The van der Waals surface area contributed by atoms with Crippen LogP contribution in [0.25, 0.3) is 6.08 Å². The van der Waals surface area contributed by atoms with E-state index in [-0.39, 0.29) is 36.5 Å². The molecule has 1 fully saturated rings. The summed E-state index contributed by atoms with van der Waals surface area (Å²) in [5, 5.41) is 0. The molecule has 1 aliphatic rings. The lowest BCUT2D eigenvalue weighted by molar-refractivity contribution is -0.151. The summed E-state index contributed by atoms with van der Waals surface area (Å²) < 4.78 is 27.2. The van der Waals surface area contributed by atoms with Gasteiger partial charge in [0.05, 0.1) is 32.8 Å². The smallest absolute Gasteiger partial charge is 0.333 e. The van der Waals surface area contributed by atoms with Crippen LogP contribution in [0.4, 0.5) is 0 Å². The Kier molecular flexibility index (Phi) is 17.3. The molecule has 2 aromatic carbocycles. The van der Waals surface area contributed by atoms with Gasteiger partial charge in [-0.2, -0.15) is 0 Å². The van der Waals surface area contributed by atoms with Gasteiger partial charge in [-0.25, -0.2) is 9.59 Å². The molecule has 0 heterocycles. The number of rotatable bonds is 22. The molecule has 0 aliphatic heterocycles. The molecule has 0 N–H and O–H groups in total. The topological polar surface area (TPSA) is 114 Å². The lowest BCUT2D eigenvalue weighted by atomic mass is 9.98. The highest BCUT2D eigenvalue weighted by Gasteiger charge is 2.20. The van der Waals surface area contributed by atoms with Crippen molar-refractivity contribution in [3.8, 4) is 11.5 Å². The Bertz CT molecular complexity index is 1350. The molecule has 3 rings (SSSR count). The summed E-state index contributed by atoms with van der Waals surface area (Å²) in [5.41, 5.74) is 1.53. The van der Waals surface area contributed by atoms with Gasteiger partial charge in [0.25, 0.3) is 0 Å². The number of allylic oxidation sites excluding steroid dienone is 1. The molecule has 2 aromatic rings. The van der Waals surface area contributed by atoms with E-state index >= 15 is 0 Å². The summed E-state index contributed by atoms with van der Waals surface area (Å²) in [6.45, 7) is 8.68. The van der Waals surface area contributed by atoms with Gasteiger partial charge in [-0.15, -0.1) is 0 Å². The summed E-state index contributed by atoms with van der Waals surface area (Å²) in [6.07, 6.45) is 14.2. The summed E-state index contributed by atoms with van der Waals surface area (Å²) in [4.78, 5) is 47.8. The molecular formula is C39H48O9. The first-order valence-electron chi connectivity index (χ1n) is 16.9. The molecule has 0 saturated heterocycles. The van der Waals surface area contributed by atoms with Crippen molar-refractivity contribution in [3.63, 3.8) is 0 Å². The number of benzene rings is 2. The van der Waals surface area contributed by atoms with Gasteiger partial charge in [0.1, 0.15) is 17.6 Å². The first-order valence-corrected chi connectivity index (χ1v) is 16.9. The van der Waals surface area contributed by atoms with E-state index in [0.717, 1.165) is 62.7 Å². The highest BCUT2D eigenvalue weighted by Crippen LogP contribution is 2.21. The molecule has 9 heteroatoms. The average Bonchev–Trinajstić information content (AvgIpc) is 3.10. The number of unbranched alkanes of at least 4 members (excludes halogenated alkanes) is 4. The van der Waals surface area contributed by atoms with E-state index in [1.807, 2.05) is 24.3 Å². The summed E-state index contributed by atoms with van der Waals surface area (Å²) in [7, 11) is 0. The van der Waals surface area contributed by atoms with E-state index in [0.29, 0.717) is 44.0 Å². The summed E-state index contributed by atoms with van der Waals surface area (Å²) in [6, 6.07) is 14.5.